The summed E-state index contributed by atoms with van der Waals surface area (Å²) in [5.41, 5.74) is -1.74. The summed E-state index contributed by atoms with van der Waals surface area (Å²) in [5.74, 6) is -3.58. The predicted octanol–water partition coefficient (Wildman–Crippen LogP) is 2.87. The van der Waals surface area contributed by atoms with E-state index in [-0.39, 0.29) is 29.8 Å². The van der Waals surface area contributed by atoms with E-state index in [1.807, 2.05) is 19.9 Å². The first-order valence-corrected chi connectivity index (χ1v) is 10.4. The molecule has 3 rings (SSSR count). The Kier molecular flexibility index (Phi) is 6.47. The molecule has 2 atom stereocenters. The Labute approximate surface area is 188 Å². The fraction of sp³-hybridized carbons (Fsp3) is 0.542. The number of carbonyl (C=O) groups excluding carboxylic acids is 2. The first kappa shape index (κ1) is 23.9. The van der Waals surface area contributed by atoms with Gasteiger partial charge in [-0.05, 0) is 19.4 Å². The molecule has 1 fully saturated rings. The lowest BCUT2D eigenvalue weighted by molar-refractivity contribution is -0.306. The van der Waals surface area contributed by atoms with E-state index in [9.17, 15) is 14.9 Å². The second-order valence-electron chi connectivity index (χ2n) is 8.99. The van der Waals surface area contributed by atoms with Crippen molar-refractivity contribution in [1.82, 2.24) is 0 Å². The van der Waals surface area contributed by atoms with Crippen molar-refractivity contribution in [3.8, 4) is 6.07 Å². The average Bonchev–Trinajstić information content (AvgIpc) is 3.02. The number of benzene rings is 1. The summed E-state index contributed by atoms with van der Waals surface area (Å²) in [6.45, 7) is 7.64. The Bertz CT molecular complexity index is 950. The van der Waals surface area contributed by atoms with E-state index in [2.05, 4.69) is 6.07 Å². The lowest BCUT2D eigenvalue weighted by atomic mass is 9.75. The molecular formula is C24H29NO7. The van der Waals surface area contributed by atoms with Gasteiger partial charge in [0.1, 0.15) is 6.10 Å². The van der Waals surface area contributed by atoms with Crippen LogP contribution in [0.3, 0.4) is 0 Å². The largest absolute Gasteiger partial charge is 0.468 e. The third kappa shape index (κ3) is 3.51. The minimum absolute atomic E-state index is 0.000874. The zero-order valence-corrected chi connectivity index (χ0v) is 19.3. The molecule has 1 spiro atoms. The second-order valence-corrected chi connectivity index (χ2v) is 8.99. The smallest absolute Gasteiger partial charge is 0.337 e. The number of nitriles is 1. The molecule has 2 unspecified atom stereocenters. The van der Waals surface area contributed by atoms with Crippen molar-refractivity contribution in [3.05, 3.63) is 41.5 Å². The molecule has 0 aromatic heterocycles. The minimum Gasteiger partial charge on any atom is -0.468 e. The van der Waals surface area contributed by atoms with Gasteiger partial charge < -0.3 is 23.7 Å². The summed E-state index contributed by atoms with van der Waals surface area (Å²) in [6, 6.07) is 10.9. The van der Waals surface area contributed by atoms with Gasteiger partial charge in [-0.25, -0.2) is 9.59 Å². The van der Waals surface area contributed by atoms with Crippen LogP contribution in [0, 0.1) is 22.2 Å². The Morgan fingerprint density at radius 1 is 1.12 bits per heavy atom. The van der Waals surface area contributed by atoms with Gasteiger partial charge in [-0.15, -0.1) is 0 Å². The molecule has 0 bridgehead atoms. The molecular weight excluding hydrogens is 414 g/mol. The molecule has 8 nitrogen and oxygen atoms in total. The zero-order valence-electron chi connectivity index (χ0n) is 19.3. The van der Waals surface area contributed by atoms with Crippen LogP contribution in [0.4, 0.5) is 0 Å². The number of rotatable bonds is 5. The highest BCUT2D eigenvalue weighted by molar-refractivity contribution is 6.07. The average molecular weight is 443 g/mol. The van der Waals surface area contributed by atoms with Crippen molar-refractivity contribution < 1.29 is 33.3 Å². The Morgan fingerprint density at radius 2 is 1.72 bits per heavy atom. The number of methoxy groups -OCH3 is 2. The summed E-state index contributed by atoms with van der Waals surface area (Å²) in [7, 11) is 2.48. The van der Waals surface area contributed by atoms with Gasteiger partial charge in [0.15, 0.2) is 0 Å². The quantitative estimate of drug-likeness (QED) is 0.640. The highest BCUT2D eigenvalue weighted by atomic mass is 16.7. The summed E-state index contributed by atoms with van der Waals surface area (Å²) >= 11 is 0. The zero-order chi connectivity index (χ0) is 23.7. The maximum atomic E-state index is 13.3. The van der Waals surface area contributed by atoms with E-state index in [0.717, 1.165) is 0 Å². The van der Waals surface area contributed by atoms with Crippen molar-refractivity contribution in [2.24, 2.45) is 10.8 Å². The van der Waals surface area contributed by atoms with Crippen molar-refractivity contribution in [3.63, 3.8) is 0 Å². The number of hydrogen-bond acceptors (Lipinski definition) is 8. The van der Waals surface area contributed by atoms with Crippen molar-refractivity contribution in [1.29, 1.82) is 5.26 Å². The van der Waals surface area contributed by atoms with Crippen LogP contribution in [-0.4, -0.2) is 57.4 Å². The van der Waals surface area contributed by atoms with Crippen molar-refractivity contribution in [2.45, 2.75) is 45.7 Å². The van der Waals surface area contributed by atoms with Gasteiger partial charge in [-0.1, -0.05) is 44.2 Å². The second kappa shape index (κ2) is 8.66. The molecule has 1 saturated heterocycles. The van der Waals surface area contributed by atoms with Crippen LogP contribution in [0.2, 0.25) is 0 Å². The van der Waals surface area contributed by atoms with E-state index in [1.54, 1.807) is 38.1 Å². The molecule has 1 heterocycles. The summed E-state index contributed by atoms with van der Waals surface area (Å²) in [4.78, 5) is 26.6. The maximum Gasteiger partial charge on any atom is 0.337 e. The maximum absolute atomic E-state index is 13.3. The SMILES string of the molecule is COC(=O)C1(C#N)C(OC)C(C(=O)OC(C)C)=C(c2ccccc2)C12OCC(C)(C)CO2. The van der Waals surface area contributed by atoms with Crippen LogP contribution in [0.5, 0.6) is 0 Å². The van der Waals surface area contributed by atoms with E-state index in [4.69, 9.17) is 23.7 Å². The van der Waals surface area contributed by atoms with Crippen LogP contribution in [0.15, 0.2) is 35.9 Å². The monoisotopic (exact) mass is 443 g/mol. The molecule has 1 aliphatic carbocycles. The molecule has 172 valence electrons. The molecule has 0 amide bonds. The predicted molar refractivity (Wildman–Crippen MR) is 114 cm³/mol. The van der Waals surface area contributed by atoms with E-state index >= 15 is 0 Å². The number of nitrogens with zero attached hydrogens (tertiary/aromatic N) is 1. The highest BCUT2D eigenvalue weighted by Gasteiger charge is 2.75. The van der Waals surface area contributed by atoms with Crippen molar-refractivity contribution in [2.75, 3.05) is 27.4 Å². The molecule has 0 saturated carbocycles. The Morgan fingerprint density at radius 3 is 2.19 bits per heavy atom. The standard InChI is InChI=1S/C24H29NO7/c1-15(2)32-20(26)17-18(16-10-8-7-9-11-16)24(30-13-22(3,4)14-31-24)23(12-25,19(17)28-5)21(27)29-6/h7-11,15,19H,13-14H2,1-6H3. The summed E-state index contributed by atoms with van der Waals surface area (Å²) in [5, 5.41) is 10.4. The molecule has 1 aromatic carbocycles. The first-order chi connectivity index (χ1) is 15.1. The van der Waals surface area contributed by atoms with Gasteiger partial charge in [-0.2, -0.15) is 5.26 Å². The molecule has 1 aromatic rings. The first-order valence-electron chi connectivity index (χ1n) is 10.4. The molecule has 1 aliphatic heterocycles. The Hall–Kier alpha value is -2.73. The van der Waals surface area contributed by atoms with Gasteiger partial charge in [0.05, 0.1) is 38.1 Å². The summed E-state index contributed by atoms with van der Waals surface area (Å²) < 4.78 is 28.7. The van der Waals surface area contributed by atoms with E-state index in [0.29, 0.717) is 5.56 Å². The highest BCUT2D eigenvalue weighted by Crippen LogP contribution is 2.60. The Balaban J connectivity index is 2.40. The summed E-state index contributed by atoms with van der Waals surface area (Å²) in [6.07, 6.45) is -1.79. The van der Waals surface area contributed by atoms with Gasteiger partial charge >= 0.3 is 11.9 Å². The number of esters is 2. The van der Waals surface area contributed by atoms with Crippen molar-refractivity contribution >= 4 is 17.5 Å². The third-order valence-corrected chi connectivity index (χ3v) is 5.65. The van der Waals surface area contributed by atoms with Crippen LogP contribution in [0.1, 0.15) is 33.3 Å². The van der Waals surface area contributed by atoms with Gasteiger partial charge in [-0.3, -0.25) is 0 Å². The topological polar surface area (TPSA) is 104 Å². The van der Waals surface area contributed by atoms with Crippen LogP contribution in [0.25, 0.3) is 5.57 Å². The fourth-order valence-electron chi connectivity index (χ4n) is 4.26. The molecule has 32 heavy (non-hydrogen) atoms. The minimum atomic E-state index is -2.14. The number of hydrogen-bond donors (Lipinski definition) is 0. The van der Waals surface area contributed by atoms with E-state index in [1.165, 1.54) is 14.2 Å². The fourth-order valence-corrected chi connectivity index (χ4v) is 4.26. The molecule has 2 aliphatic rings. The van der Waals surface area contributed by atoms with Crippen LogP contribution in [-0.2, 0) is 33.3 Å². The van der Waals surface area contributed by atoms with Gasteiger partial charge in [0.2, 0.25) is 11.2 Å². The lowest BCUT2D eigenvalue weighted by Gasteiger charge is -2.48. The normalized spacial score (nSPS) is 26.1. The molecule has 8 heteroatoms. The van der Waals surface area contributed by atoms with Gasteiger partial charge in [0.25, 0.3) is 0 Å². The van der Waals surface area contributed by atoms with E-state index < -0.39 is 35.3 Å². The van der Waals surface area contributed by atoms with Crippen LogP contribution < -0.4 is 0 Å². The third-order valence-electron chi connectivity index (χ3n) is 5.65. The van der Waals surface area contributed by atoms with Gasteiger partial charge in [0, 0.05) is 18.1 Å². The lowest BCUT2D eigenvalue weighted by Crippen LogP contribution is -2.62. The van der Waals surface area contributed by atoms with Crippen LogP contribution >= 0.6 is 0 Å². The number of carbonyl (C=O) groups is 2. The number of ether oxygens (including phenoxy) is 5. The molecule has 0 radical (unpaired) electrons. The molecule has 0 N–H and O–H groups in total.